The molecule has 0 aromatic heterocycles. The quantitative estimate of drug-likeness (QED) is 0.417. The molecule has 0 spiro atoms. The lowest BCUT2D eigenvalue weighted by Crippen LogP contribution is -2.06. The zero-order valence-electron chi connectivity index (χ0n) is 5.77. The molecule has 0 aromatic rings. The maximum atomic E-state index is 5.30. The summed E-state index contributed by atoms with van der Waals surface area (Å²) in [6.45, 7) is 7.06. The van der Waals surface area contributed by atoms with Crippen molar-refractivity contribution in [2.24, 2.45) is 0 Å². The van der Waals surface area contributed by atoms with Gasteiger partial charge in [0, 0.05) is 0 Å². The Kier molecular flexibility index (Phi) is 5.01. The molecule has 0 aromatic carbocycles. The molecule has 47 valence electrons. The third kappa shape index (κ3) is 5.92. The van der Waals surface area contributed by atoms with Gasteiger partial charge < -0.3 is 4.43 Å². The van der Waals surface area contributed by atoms with Crippen LogP contribution in [0.5, 0.6) is 0 Å². The molecule has 0 saturated heterocycles. The van der Waals surface area contributed by atoms with Crippen LogP contribution >= 0.6 is 0 Å². The van der Waals surface area contributed by atoms with E-state index in [9.17, 15) is 0 Å². The van der Waals surface area contributed by atoms with Crippen molar-refractivity contribution < 1.29 is 4.43 Å². The predicted octanol–water partition coefficient (Wildman–Crippen LogP) is 1.83. The molecule has 0 fully saturated rings. The molecular weight excluding hydrogens is 116 g/mol. The van der Waals surface area contributed by atoms with Crippen molar-refractivity contribution in [3.8, 4) is 0 Å². The lowest BCUT2D eigenvalue weighted by Gasteiger charge is -1.99. The molecule has 0 saturated carbocycles. The van der Waals surface area contributed by atoms with Gasteiger partial charge >= 0.3 is 0 Å². The van der Waals surface area contributed by atoms with Gasteiger partial charge in [0.15, 0.2) is 0 Å². The molecule has 0 amide bonds. The molecule has 2 heteroatoms. The van der Waals surface area contributed by atoms with Crippen LogP contribution in [0.25, 0.3) is 0 Å². The van der Waals surface area contributed by atoms with E-state index in [0.29, 0.717) is 0 Å². The first-order valence-corrected chi connectivity index (χ1v) is 5.22. The summed E-state index contributed by atoms with van der Waals surface area (Å²) in [5.74, 6) is 0. The predicted molar refractivity (Wildman–Crippen MR) is 38.2 cm³/mol. The Hall–Kier alpha value is -0.0831. The summed E-state index contributed by atoms with van der Waals surface area (Å²) in [4.78, 5) is 0. The molecule has 0 rings (SSSR count). The summed E-state index contributed by atoms with van der Waals surface area (Å²) >= 11 is 0. The van der Waals surface area contributed by atoms with Crippen LogP contribution in [0, 0.1) is 0 Å². The summed E-state index contributed by atoms with van der Waals surface area (Å²) in [6.07, 6.45) is 4.03. The van der Waals surface area contributed by atoms with Gasteiger partial charge in [0.1, 0.15) is 0 Å². The number of rotatable bonds is 3. The minimum Gasteiger partial charge on any atom is -0.414 e. The molecule has 0 aliphatic heterocycles. The van der Waals surface area contributed by atoms with Crippen LogP contribution in [0.4, 0.5) is 0 Å². The maximum absolute atomic E-state index is 5.30. The van der Waals surface area contributed by atoms with Gasteiger partial charge in [-0.05, 0) is 20.0 Å². The minimum atomic E-state index is -0.458. The normalized spacial score (nSPS) is 11.5. The molecule has 0 heterocycles. The molecule has 0 unspecified atom stereocenters. The molecular formula is C6H13OSi. The fraction of sp³-hybridized carbons (Fsp3) is 0.667. The Labute approximate surface area is 53.1 Å². The van der Waals surface area contributed by atoms with Gasteiger partial charge in [-0.1, -0.05) is 12.2 Å². The highest BCUT2D eigenvalue weighted by atomic mass is 28.3. The zero-order chi connectivity index (χ0) is 6.41. The summed E-state index contributed by atoms with van der Waals surface area (Å²) < 4.78 is 5.30. The average molecular weight is 129 g/mol. The van der Waals surface area contributed by atoms with E-state index in [0.717, 1.165) is 6.61 Å². The first-order chi connectivity index (χ1) is 3.77. The van der Waals surface area contributed by atoms with E-state index in [1.54, 1.807) is 0 Å². The van der Waals surface area contributed by atoms with E-state index in [-0.39, 0.29) is 0 Å². The molecule has 1 nitrogen and oxygen atoms in total. The second-order valence-electron chi connectivity index (χ2n) is 1.79. The van der Waals surface area contributed by atoms with Crippen molar-refractivity contribution in [2.75, 3.05) is 6.61 Å². The minimum absolute atomic E-state index is 0.458. The van der Waals surface area contributed by atoms with E-state index in [1.165, 1.54) is 0 Å². The zero-order valence-corrected chi connectivity index (χ0v) is 6.77. The van der Waals surface area contributed by atoms with Crippen LogP contribution in [-0.4, -0.2) is 15.6 Å². The van der Waals surface area contributed by atoms with E-state index in [4.69, 9.17) is 4.43 Å². The Balaban J connectivity index is 2.93. The first kappa shape index (κ1) is 7.92. The Morgan fingerprint density at radius 2 is 2.12 bits per heavy atom. The Morgan fingerprint density at radius 1 is 1.50 bits per heavy atom. The van der Waals surface area contributed by atoms with Gasteiger partial charge in [0.05, 0.1) is 6.61 Å². The van der Waals surface area contributed by atoms with E-state index in [2.05, 4.69) is 13.1 Å². The summed E-state index contributed by atoms with van der Waals surface area (Å²) in [5.41, 5.74) is 0. The van der Waals surface area contributed by atoms with Gasteiger partial charge in [-0.25, -0.2) is 0 Å². The Bertz CT molecular complexity index is 68.9. The molecule has 1 radical (unpaired) electrons. The molecule has 0 aliphatic rings. The third-order valence-electron chi connectivity index (χ3n) is 0.704. The lowest BCUT2D eigenvalue weighted by atomic mass is 10.6. The second kappa shape index (κ2) is 5.06. The average Bonchev–Trinajstić information content (AvgIpc) is 1.66. The van der Waals surface area contributed by atoms with Crippen LogP contribution in [0.3, 0.4) is 0 Å². The van der Waals surface area contributed by atoms with Crippen LogP contribution in [0.2, 0.25) is 13.1 Å². The smallest absolute Gasteiger partial charge is 0.205 e. The molecule has 8 heavy (non-hydrogen) atoms. The van der Waals surface area contributed by atoms with Crippen LogP contribution in [-0.2, 0) is 4.43 Å². The van der Waals surface area contributed by atoms with Crippen molar-refractivity contribution in [3.63, 3.8) is 0 Å². The maximum Gasteiger partial charge on any atom is 0.205 e. The number of hydrogen-bond donors (Lipinski definition) is 0. The summed E-state index contributed by atoms with van der Waals surface area (Å²) in [6, 6.07) is 0. The highest BCUT2D eigenvalue weighted by Gasteiger charge is 1.90. The van der Waals surface area contributed by atoms with Crippen molar-refractivity contribution in [1.82, 2.24) is 0 Å². The molecule has 0 atom stereocenters. The fourth-order valence-electron chi connectivity index (χ4n) is 0.311. The van der Waals surface area contributed by atoms with Gasteiger partial charge in [0.2, 0.25) is 9.04 Å². The summed E-state index contributed by atoms with van der Waals surface area (Å²) in [7, 11) is -0.458. The van der Waals surface area contributed by atoms with Crippen molar-refractivity contribution in [2.45, 2.75) is 20.0 Å². The van der Waals surface area contributed by atoms with E-state index >= 15 is 0 Å². The van der Waals surface area contributed by atoms with Crippen molar-refractivity contribution in [3.05, 3.63) is 12.2 Å². The first-order valence-electron chi connectivity index (χ1n) is 2.81. The van der Waals surface area contributed by atoms with Gasteiger partial charge in [0.25, 0.3) is 0 Å². The Morgan fingerprint density at radius 3 is 2.50 bits per heavy atom. The van der Waals surface area contributed by atoms with Crippen LogP contribution < -0.4 is 0 Å². The molecule has 0 aliphatic carbocycles. The highest BCUT2D eigenvalue weighted by molar-refractivity contribution is 6.48. The topological polar surface area (TPSA) is 9.23 Å². The van der Waals surface area contributed by atoms with E-state index in [1.807, 2.05) is 19.1 Å². The number of allylic oxidation sites excluding steroid dienone is 1. The summed E-state index contributed by atoms with van der Waals surface area (Å²) in [5, 5.41) is 0. The SMILES string of the molecule is C/C=C/CO[Si](C)C. The molecule has 0 N–H and O–H groups in total. The van der Waals surface area contributed by atoms with Gasteiger partial charge in [-0.15, -0.1) is 0 Å². The largest absolute Gasteiger partial charge is 0.414 e. The van der Waals surface area contributed by atoms with Crippen LogP contribution in [0.1, 0.15) is 6.92 Å². The molecule has 0 bridgehead atoms. The van der Waals surface area contributed by atoms with Crippen molar-refractivity contribution in [1.29, 1.82) is 0 Å². The number of hydrogen-bond acceptors (Lipinski definition) is 1. The van der Waals surface area contributed by atoms with Gasteiger partial charge in [-0.2, -0.15) is 0 Å². The van der Waals surface area contributed by atoms with Crippen molar-refractivity contribution >= 4 is 9.04 Å². The lowest BCUT2D eigenvalue weighted by molar-refractivity contribution is 0.374. The van der Waals surface area contributed by atoms with Gasteiger partial charge in [-0.3, -0.25) is 0 Å². The van der Waals surface area contributed by atoms with Crippen LogP contribution in [0.15, 0.2) is 12.2 Å². The highest BCUT2D eigenvalue weighted by Crippen LogP contribution is 1.82. The standard InChI is InChI=1S/C6H13OSi/c1-4-5-6-7-8(2)3/h4-5H,6H2,1-3H3/b5-4+. The fourth-order valence-corrected chi connectivity index (χ4v) is 0.741. The monoisotopic (exact) mass is 129 g/mol. The second-order valence-corrected chi connectivity index (χ2v) is 3.89. The third-order valence-corrected chi connectivity index (χ3v) is 1.45. The van der Waals surface area contributed by atoms with E-state index < -0.39 is 9.04 Å².